The Kier molecular flexibility index (Phi) is 69.6. The fourth-order valence-electron chi connectivity index (χ4n) is 12.0. The van der Waals surface area contributed by atoms with E-state index in [1.54, 1.807) is 0 Å². The maximum Gasteiger partial charge on any atom is 0.472 e. The van der Waals surface area contributed by atoms with E-state index in [0.717, 1.165) is 102 Å². The molecule has 97 heavy (non-hydrogen) atoms. The quantitative estimate of drug-likeness (QED) is 0.0222. The second kappa shape index (κ2) is 71.1. The van der Waals surface area contributed by atoms with Crippen LogP contribution in [0.1, 0.15) is 413 Å². The first-order valence-electron chi connectivity index (χ1n) is 40.7. The maximum atomic E-state index is 13.1. The third-order valence-electron chi connectivity index (χ3n) is 18.6. The van der Waals surface area contributed by atoms with Crippen molar-refractivity contribution in [3.05, 3.63) is 0 Å². The number of carbonyl (C=O) groups excluding carboxylic acids is 4. The smallest absolute Gasteiger partial charge is 0.462 e. The molecule has 0 heterocycles. The highest BCUT2D eigenvalue weighted by Gasteiger charge is 2.30. The molecule has 3 N–H and O–H groups in total. The van der Waals surface area contributed by atoms with Crippen LogP contribution in [0, 0.1) is 5.92 Å². The standard InChI is InChI=1S/C78H152O17P2/c1-6-10-13-16-19-22-25-27-29-31-32-34-36-38-41-44-47-54-59-64-78(83)94-73(67-88-75(80)61-56-51-45-42-40-37-35-33-30-28-26-23-20-17-14-11-7-2)69-92-96(84,85)90-65-72(79)66-91-97(86,87)93-70-74(68-89-76(81)62-57-52-49-48-50-55-60-71(5)9-4)95-77(82)63-58-53-46-43-39-24-21-18-15-12-8-3/h71-74,79H,6-70H2,1-5H3,(H,84,85)(H,86,87)/t71?,72-,73-,74-/m1/s1. The van der Waals surface area contributed by atoms with Crippen LogP contribution >= 0.6 is 15.6 Å². The average Bonchev–Trinajstić information content (AvgIpc) is 2.16. The lowest BCUT2D eigenvalue weighted by molar-refractivity contribution is -0.161. The van der Waals surface area contributed by atoms with Gasteiger partial charge in [0.15, 0.2) is 12.2 Å². The summed E-state index contributed by atoms with van der Waals surface area (Å²) in [5, 5.41) is 10.6. The number of carbonyl (C=O) groups is 4. The second-order valence-corrected chi connectivity index (χ2v) is 31.3. The molecule has 0 spiro atoms. The van der Waals surface area contributed by atoms with E-state index in [0.29, 0.717) is 25.7 Å². The minimum Gasteiger partial charge on any atom is -0.462 e. The molecule has 0 radical (unpaired) electrons. The molecule has 0 aliphatic carbocycles. The van der Waals surface area contributed by atoms with E-state index in [1.165, 1.54) is 231 Å². The summed E-state index contributed by atoms with van der Waals surface area (Å²) in [6.07, 6.45) is 61.1. The number of ether oxygens (including phenoxy) is 4. The second-order valence-electron chi connectivity index (χ2n) is 28.3. The summed E-state index contributed by atoms with van der Waals surface area (Å²) in [4.78, 5) is 72.9. The predicted molar refractivity (Wildman–Crippen MR) is 395 cm³/mol. The number of unbranched alkanes of at least 4 members (excludes halogenated alkanes) is 49. The van der Waals surface area contributed by atoms with Crippen LogP contribution in [0.25, 0.3) is 0 Å². The molecule has 0 saturated carbocycles. The Morgan fingerprint density at radius 2 is 0.495 bits per heavy atom. The number of phosphoric acid groups is 2. The molecule has 3 unspecified atom stereocenters. The highest BCUT2D eigenvalue weighted by molar-refractivity contribution is 7.47. The Balaban J connectivity index is 5.22. The Morgan fingerprint density at radius 1 is 0.289 bits per heavy atom. The van der Waals surface area contributed by atoms with Crippen molar-refractivity contribution in [3.63, 3.8) is 0 Å². The fraction of sp³-hybridized carbons (Fsp3) is 0.949. The molecule has 0 saturated heterocycles. The van der Waals surface area contributed by atoms with Crippen LogP contribution in [0.3, 0.4) is 0 Å². The molecule has 0 aromatic rings. The predicted octanol–water partition coefficient (Wildman–Crippen LogP) is 23.3. The van der Waals surface area contributed by atoms with E-state index in [9.17, 15) is 43.2 Å². The summed E-state index contributed by atoms with van der Waals surface area (Å²) in [5.74, 6) is -1.38. The summed E-state index contributed by atoms with van der Waals surface area (Å²) in [5.41, 5.74) is 0. The van der Waals surface area contributed by atoms with Gasteiger partial charge in [0.1, 0.15) is 19.3 Å². The molecule has 0 amide bonds. The van der Waals surface area contributed by atoms with Gasteiger partial charge in [-0.05, 0) is 31.6 Å². The van der Waals surface area contributed by atoms with Gasteiger partial charge in [-0.3, -0.25) is 37.3 Å². The number of aliphatic hydroxyl groups is 1. The van der Waals surface area contributed by atoms with Crippen LogP contribution in [0.2, 0.25) is 0 Å². The monoisotopic (exact) mass is 1420 g/mol. The minimum absolute atomic E-state index is 0.106. The van der Waals surface area contributed by atoms with Crippen molar-refractivity contribution in [1.82, 2.24) is 0 Å². The molecular formula is C78H152O17P2. The topological polar surface area (TPSA) is 237 Å². The van der Waals surface area contributed by atoms with Gasteiger partial charge in [-0.25, -0.2) is 9.13 Å². The molecule has 0 aromatic carbocycles. The van der Waals surface area contributed by atoms with Crippen molar-refractivity contribution in [1.29, 1.82) is 0 Å². The lowest BCUT2D eigenvalue weighted by atomic mass is 10.00. The van der Waals surface area contributed by atoms with Gasteiger partial charge < -0.3 is 33.8 Å². The van der Waals surface area contributed by atoms with Gasteiger partial charge >= 0.3 is 39.5 Å². The Hall–Kier alpha value is -1.94. The molecule has 0 aromatic heterocycles. The SMILES string of the molecule is CCCCCCCCCCCCCCCCCCCCCC(=O)O[C@H](COC(=O)CCCCCCCCCCCCCCCCCCC)COP(=O)(O)OC[C@@H](O)COP(=O)(O)OC[C@@H](COC(=O)CCCCCCCCC(C)CC)OC(=O)CCCCCCCCCCCCC. The van der Waals surface area contributed by atoms with Crippen LogP contribution in [-0.2, 0) is 65.4 Å². The Bertz CT molecular complexity index is 1860. The zero-order valence-electron chi connectivity index (χ0n) is 63.2. The van der Waals surface area contributed by atoms with Gasteiger partial charge in [-0.15, -0.1) is 0 Å². The van der Waals surface area contributed by atoms with Gasteiger partial charge in [0.2, 0.25) is 0 Å². The summed E-state index contributed by atoms with van der Waals surface area (Å²) in [7, 11) is -9.91. The Morgan fingerprint density at radius 3 is 0.732 bits per heavy atom. The highest BCUT2D eigenvalue weighted by Crippen LogP contribution is 2.45. The van der Waals surface area contributed by atoms with Gasteiger partial charge in [0.25, 0.3) is 0 Å². The van der Waals surface area contributed by atoms with E-state index in [1.807, 2.05) is 0 Å². The van der Waals surface area contributed by atoms with Crippen molar-refractivity contribution in [3.8, 4) is 0 Å². The van der Waals surface area contributed by atoms with Gasteiger partial charge in [-0.1, -0.05) is 362 Å². The van der Waals surface area contributed by atoms with Crippen molar-refractivity contribution >= 4 is 39.5 Å². The molecule has 576 valence electrons. The molecule has 19 heteroatoms. The molecule has 0 aliphatic heterocycles. The number of aliphatic hydroxyl groups excluding tert-OH is 1. The fourth-order valence-corrected chi connectivity index (χ4v) is 13.6. The molecule has 17 nitrogen and oxygen atoms in total. The van der Waals surface area contributed by atoms with Crippen LogP contribution < -0.4 is 0 Å². The number of esters is 4. The molecule has 0 rings (SSSR count). The number of hydrogen-bond donors (Lipinski definition) is 3. The first-order chi connectivity index (χ1) is 47.1. The maximum absolute atomic E-state index is 13.1. The van der Waals surface area contributed by atoms with Crippen molar-refractivity contribution < 1.29 is 80.2 Å². The molecule has 0 aliphatic rings. The summed E-state index contributed by atoms with van der Waals surface area (Å²) in [6, 6.07) is 0. The first kappa shape index (κ1) is 95.1. The van der Waals surface area contributed by atoms with E-state index >= 15 is 0 Å². The molecule has 6 atom stereocenters. The normalized spacial score (nSPS) is 14.2. The highest BCUT2D eigenvalue weighted by atomic mass is 31.2. The number of rotatable bonds is 78. The van der Waals surface area contributed by atoms with Gasteiger partial charge in [0.05, 0.1) is 26.4 Å². The van der Waals surface area contributed by atoms with E-state index < -0.39 is 97.5 Å². The number of phosphoric ester groups is 2. The average molecular weight is 1420 g/mol. The van der Waals surface area contributed by atoms with Crippen molar-refractivity contribution in [2.75, 3.05) is 39.6 Å². The van der Waals surface area contributed by atoms with Crippen LogP contribution in [-0.4, -0.2) is 96.7 Å². The summed E-state index contributed by atoms with van der Waals surface area (Å²) >= 11 is 0. The lowest BCUT2D eigenvalue weighted by Gasteiger charge is -2.21. The van der Waals surface area contributed by atoms with Crippen molar-refractivity contribution in [2.45, 2.75) is 432 Å². The summed E-state index contributed by atoms with van der Waals surface area (Å²) < 4.78 is 68.6. The summed E-state index contributed by atoms with van der Waals surface area (Å²) in [6.45, 7) is 7.26. The van der Waals surface area contributed by atoms with Crippen LogP contribution in [0.15, 0.2) is 0 Å². The third-order valence-corrected chi connectivity index (χ3v) is 20.5. The van der Waals surface area contributed by atoms with E-state index in [-0.39, 0.29) is 25.7 Å². The van der Waals surface area contributed by atoms with Crippen LogP contribution in [0.5, 0.6) is 0 Å². The molecule has 0 bridgehead atoms. The van der Waals surface area contributed by atoms with Gasteiger partial charge in [-0.2, -0.15) is 0 Å². The largest absolute Gasteiger partial charge is 0.472 e. The number of hydrogen-bond acceptors (Lipinski definition) is 15. The van der Waals surface area contributed by atoms with E-state index in [2.05, 4.69) is 34.6 Å². The Labute approximate surface area is 594 Å². The molecular weight excluding hydrogens is 1270 g/mol. The van der Waals surface area contributed by atoms with Crippen molar-refractivity contribution in [2.24, 2.45) is 5.92 Å². The van der Waals surface area contributed by atoms with Crippen LogP contribution in [0.4, 0.5) is 0 Å². The minimum atomic E-state index is -4.96. The van der Waals surface area contributed by atoms with E-state index in [4.69, 9.17) is 37.0 Å². The third kappa shape index (κ3) is 70.9. The first-order valence-corrected chi connectivity index (χ1v) is 43.7. The van der Waals surface area contributed by atoms with Gasteiger partial charge in [0, 0.05) is 25.7 Å². The lowest BCUT2D eigenvalue weighted by Crippen LogP contribution is -2.30. The molecule has 0 fully saturated rings. The zero-order chi connectivity index (χ0) is 71.2. The zero-order valence-corrected chi connectivity index (χ0v) is 65.0.